The first kappa shape index (κ1) is 10.4. The number of hydrogen-bond donors (Lipinski definition) is 0. The molecule has 1 rings (SSSR count). The first-order valence-electron chi connectivity index (χ1n) is 4.27. The fourth-order valence-corrected chi connectivity index (χ4v) is 1.06. The lowest BCUT2D eigenvalue weighted by atomic mass is 10.1. The highest BCUT2D eigenvalue weighted by Gasteiger charge is 2.08. The number of aryl methyl sites for hydroxylation is 1. The van der Waals surface area contributed by atoms with E-state index >= 15 is 0 Å². The van der Waals surface area contributed by atoms with E-state index < -0.39 is 5.97 Å². The minimum Gasteiger partial charge on any atom is -0.460 e. The summed E-state index contributed by atoms with van der Waals surface area (Å²) in [5.74, 6) is -0.410. The summed E-state index contributed by atoms with van der Waals surface area (Å²) in [6.45, 7) is 1.86. The van der Waals surface area contributed by atoms with Crippen LogP contribution in [-0.4, -0.2) is 19.1 Å². The molecule has 0 unspecified atom stereocenters. The molecule has 0 saturated carbocycles. The van der Waals surface area contributed by atoms with E-state index in [4.69, 9.17) is 4.74 Å². The van der Waals surface area contributed by atoms with Gasteiger partial charge in [0.1, 0.15) is 13.2 Å². The van der Waals surface area contributed by atoms with Crippen molar-refractivity contribution in [3.63, 3.8) is 0 Å². The van der Waals surface area contributed by atoms with Crippen LogP contribution < -0.4 is 0 Å². The van der Waals surface area contributed by atoms with Crippen LogP contribution in [0.2, 0.25) is 0 Å². The Kier molecular flexibility index (Phi) is 3.79. The SMILES string of the molecule is Cc1ccccc1C(=O)OCCN=O. The van der Waals surface area contributed by atoms with Gasteiger partial charge >= 0.3 is 5.97 Å². The second-order valence-corrected chi connectivity index (χ2v) is 2.80. The average Bonchev–Trinajstić information content (AvgIpc) is 2.18. The molecule has 74 valence electrons. The lowest BCUT2D eigenvalue weighted by molar-refractivity contribution is 0.0516. The highest BCUT2D eigenvalue weighted by atomic mass is 16.5. The van der Waals surface area contributed by atoms with Gasteiger partial charge in [-0.05, 0) is 18.6 Å². The van der Waals surface area contributed by atoms with E-state index in [-0.39, 0.29) is 13.2 Å². The second kappa shape index (κ2) is 5.11. The van der Waals surface area contributed by atoms with E-state index in [1.54, 1.807) is 12.1 Å². The van der Waals surface area contributed by atoms with Crippen molar-refractivity contribution in [1.29, 1.82) is 0 Å². The molecule has 0 fully saturated rings. The summed E-state index contributed by atoms with van der Waals surface area (Å²) < 4.78 is 4.82. The van der Waals surface area contributed by atoms with Gasteiger partial charge in [-0.25, -0.2) is 4.79 Å². The summed E-state index contributed by atoms with van der Waals surface area (Å²) in [6, 6.07) is 7.13. The van der Waals surface area contributed by atoms with Gasteiger partial charge in [0.2, 0.25) is 0 Å². The lowest BCUT2D eigenvalue weighted by Crippen LogP contribution is -2.09. The van der Waals surface area contributed by atoms with Crippen LogP contribution in [0.4, 0.5) is 0 Å². The summed E-state index contributed by atoms with van der Waals surface area (Å²) in [7, 11) is 0. The van der Waals surface area contributed by atoms with Gasteiger partial charge in [0.05, 0.1) is 5.56 Å². The van der Waals surface area contributed by atoms with Gasteiger partial charge in [-0.15, -0.1) is 0 Å². The maximum absolute atomic E-state index is 11.4. The van der Waals surface area contributed by atoms with E-state index in [0.717, 1.165) is 5.56 Å². The van der Waals surface area contributed by atoms with E-state index in [1.807, 2.05) is 19.1 Å². The van der Waals surface area contributed by atoms with Crippen molar-refractivity contribution in [2.75, 3.05) is 13.2 Å². The van der Waals surface area contributed by atoms with Crippen LogP contribution in [0.15, 0.2) is 29.4 Å². The molecular formula is C10H11NO3. The topological polar surface area (TPSA) is 55.7 Å². The van der Waals surface area contributed by atoms with Gasteiger partial charge in [0.15, 0.2) is 0 Å². The molecule has 0 bridgehead atoms. The fraction of sp³-hybridized carbons (Fsp3) is 0.300. The molecule has 0 atom stereocenters. The van der Waals surface area contributed by atoms with Crippen LogP contribution in [0.25, 0.3) is 0 Å². The zero-order valence-electron chi connectivity index (χ0n) is 7.90. The molecule has 0 aliphatic rings. The van der Waals surface area contributed by atoms with Crippen molar-refractivity contribution in [3.8, 4) is 0 Å². The Bertz CT molecular complexity index is 336. The molecule has 0 amide bonds. The predicted molar refractivity (Wildman–Crippen MR) is 52.1 cm³/mol. The highest BCUT2D eigenvalue weighted by molar-refractivity contribution is 5.90. The standard InChI is InChI=1S/C10H11NO3/c1-8-4-2-3-5-9(8)10(12)14-7-6-11-13/h2-5H,6-7H2,1H3. The Morgan fingerprint density at radius 1 is 1.43 bits per heavy atom. The summed E-state index contributed by atoms with van der Waals surface area (Å²) in [6.07, 6.45) is 0. The van der Waals surface area contributed by atoms with Crippen molar-refractivity contribution in [1.82, 2.24) is 0 Å². The number of nitroso groups, excluding NO2 is 1. The fourth-order valence-electron chi connectivity index (χ4n) is 1.06. The summed E-state index contributed by atoms with van der Waals surface area (Å²) in [5, 5.41) is 2.60. The number of carbonyl (C=O) groups is 1. The summed E-state index contributed by atoms with van der Waals surface area (Å²) in [5.41, 5.74) is 1.38. The zero-order chi connectivity index (χ0) is 10.4. The molecule has 4 heteroatoms. The Balaban J connectivity index is 2.60. The van der Waals surface area contributed by atoms with E-state index in [9.17, 15) is 9.70 Å². The predicted octanol–water partition coefficient (Wildman–Crippen LogP) is 1.92. The number of benzene rings is 1. The smallest absolute Gasteiger partial charge is 0.338 e. The minimum absolute atomic E-state index is 0.00236. The third-order valence-corrected chi connectivity index (χ3v) is 1.78. The average molecular weight is 193 g/mol. The number of ether oxygens (including phenoxy) is 1. The van der Waals surface area contributed by atoms with Crippen LogP contribution >= 0.6 is 0 Å². The van der Waals surface area contributed by atoms with Gasteiger partial charge in [-0.2, -0.15) is 4.91 Å². The molecule has 4 nitrogen and oxygen atoms in total. The molecule has 14 heavy (non-hydrogen) atoms. The summed E-state index contributed by atoms with van der Waals surface area (Å²) >= 11 is 0. The third-order valence-electron chi connectivity index (χ3n) is 1.78. The highest BCUT2D eigenvalue weighted by Crippen LogP contribution is 2.08. The zero-order valence-corrected chi connectivity index (χ0v) is 7.90. The van der Waals surface area contributed by atoms with Crippen LogP contribution in [-0.2, 0) is 4.74 Å². The number of nitrogens with zero attached hydrogens (tertiary/aromatic N) is 1. The number of carbonyl (C=O) groups excluding carboxylic acids is 1. The molecule has 0 aromatic heterocycles. The lowest BCUT2D eigenvalue weighted by Gasteiger charge is -2.04. The van der Waals surface area contributed by atoms with Crippen molar-refractivity contribution < 1.29 is 9.53 Å². The van der Waals surface area contributed by atoms with E-state index in [0.29, 0.717) is 5.56 Å². The Labute approximate surface area is 81.9 Å². The molecule has 0 saturated heterocycles. The normalized spacial score (nSPS) is 9.50. The second-order valence-electron chi connectivity index (χ2n) is 2.80. The Morgan fingerprint density at radius 3 is 2.79 bits per heavy atom. The van der Waals surface area contributed by atoms with Gasteiger partial charge in [-0.1, -0.05) is 23.4 Å². The summed E-state index contributed by atoms with van der Waals surface area (Å²) in [4.78, 5) is 21.1. The first-order chi connectivity index (χ1) is 6.75. The largest absolute Gasteiger partial charge is 0.460 e. The number of esters is 1. The molecule has 1 aromatic carbocycles. The van der Waals surface area contributed by atoms with Crippen molar-refractivity contribution >= 4 is 5.97 Å². The maximum Gasteiger partial charge on any atom is 0.338 e. The monoisotopic (exact) mass is 193 g/mol. The van der Waals surface area contributed by atoms with Crippen molar-refractivity contribution in [2.45, 2.75) is 6.92 Å². The van der Waals surface area contributed by atoms with Crippen molar-refractivity contribution in [3.05, 3.63) is 40.3 Å². The first-order valence-corrected chi connectivity index (χ1v) is 4.27. The molecule has 1 aromatic rings. The molecular weight excluding hydrogens is 182 g/mol. The minimum atomic E-state index is -0.410. The van der Waals surface area contributed by atoms with Crippen LogP contribution in [0.5, 0.6) is 0 Å². The number of rotatable bonds is 4. The van der Waals surface area contributed by atoms with E-state index in [2.05, 4.69) is 5.18 Å². The van der Waals surface area contributed by atoms with Crippen LogP contribution in [0.3, 0.4) is 0 Å². The quantitative estimate of drug-likeness (QED) is 0.417. The van der Waals surface area contributed by atoms with Gasteiger partial charge in [0, 0.05) is 0 Å². The van der Waals surface area contributed by atoms with Gasteiger partial charge in [-0.3, -0.25) is 0 Å². The maximum atomic E-state index is 11.4. The Hall–Kier alpha value is -1.71. The van der Waals surface area contributed by atoms with E-state index in [1.165, 1.54) is 0 Å². The number of hydrogen-bond acceptors (Lipinski definition) is 4. The molecule has 0 N–H and O–H groups in total. The van der Waals surface area contributed by atoms with Crippen LogP contribution in [0, 0.1) is 11.8 Å². The van der Waals surface area contributed by atoms with Crippen molar-refractivity contribution in [2.24, 2.45) is 5.18 Å². The van der Waals surface area contributed by atoms with Crippen LogP contribution in [0.1, 0.15) is 15.9 Å². The third kappa shape index (κ3) is 2.65. The molecule has 0 aliphatic carbocycles. The van der Waals surface area contributed by atoms with Gasteiger partial charge < -0.3 is 4.74 Å². The van der Waals surface area contributed by atoms with Gasteiger partial charge in [0.25, 0.3) is 0 Å². The molecule has 0 heterocycles. The molecule has 0 radical (unpaired) electrons. The Morgan fingerprint density at radius 2 is 2.14 bits per heavy atom. The molecule has 0 spiro atoms. The molecule has 0 aliphatic heterocycles.